The Kier molecular flexibility index (Phi) is 3.54. The quantitative estimate of drug-likeness (QED) is 0.742. The van der Waals surface area contributed by atoms with E-state index in [1.807, 2.05) is 18.2 Å². The molecule has 4 heteroatoms. The van der Waals surface area contributed by atoms with Crippen molar-refractivity contribution in [1.82, 2.24) is 4.98 Å². The molecule has 0 radical (unpaired) electrons. The normalized spacial score (nSPS) is 11.2. The highest BCUT2D eigenvalue weighted by atomic mass is 32.2. The molecule has 0 unspecified atom stereocenters. The summed E-state index contributed by atoms with van der Waals surface area (Å²) in [6, 6.07) is 20.8. The largest absolute Gasteiger partial charge is 0.256 e. The minimum Gasteiger partial charge on any atom is -0.256 e. The van der Waals surface area contributed by atoms with E-state index in [2.05, 4.69) is 4.98 Å². The molecule has 3 rings (SSSR count). The zero-order chi connectivity index (χ0) is 14.7. The number of sulfone groups is 1. The van der Waals surface area contributed by atoms with Crippen LogP contribution in [0.15, 0.2) is 88.8 Å². The van der Waals surface area contributed by atoms with Gasteiger partial charge in [-0.3, -0.25) is 4.98 Å². The van der Waals surface area contributed by atoms with Gasteiger partial charge in [-0.2, -0.15) is 0 Å². The van der Waals surface area contributed by atoms with Crippen LogP contribution in [-0.2, 0) is 9.84 Å². The van der Waals surface area contributed by atoms with E-state index < -0.39 is 9.84 Å². The first kappa shape index (κ1) is 13.5. The van der Waals surface area contributed by atoms with Crippen LogP contribution in [0.2, 0.25) is 0 Å². The highest BCUT2D eigenvalue weighted by Crippen LogP contribution is 2.23. The number of rotatable bonds is 3. The predicted octanol–water partition coefficient (Wildman–Crippen LogP) is 3.58. The van der Waals surface area contributed by atoms with Crippen LogP contribution in [0.25, 0.3) is 11.3 Å². The lowest BCUT2D eigenvalue weighted by Gasteiger charge is -2.06. The summed E-state index contributed by atoms with van der Waals surface area (Å²) < 4.78 is 24.9. The summed E-state index contributed by atoms with van der Waals surface area (Å²) in [5.41, 5.74) is 1.71. The molecule has 0 N–H and O–H groups in total. The monoisotopic (exact) mass is 295 g/mol. The average Bonchev–Trinajstić information content (AvgIpc) is 2.57. The van der Waals surface area contributed by atoms with E-state index in [0.717, 1.165) is 11.3 Å². The van der Waals surface area contributed by atoms with Crippen molar-refractivity contribution in [2.24, 2.45) is 0 Å². The summed E-state index contributed by atoms with van der Waals surface area (Å²) >= 11 is 0. The van der Waals surface area contributed by atoms with Gasteiger partial charge in [-0.15, -0.1) is 0 Å². The van der Waals surface area contributed by atoms with Gasteiger partial charge < -0.3 is 0 Å². The molecule has 0 saturated carbocycles. The Bertz CT molecular complexity index is 827. The van der Waals surface area contributed by atoms with Crippen LogP contribution in [0.1, 0.15) is 0 Å². The molecule has 0 bridgehead atoms. The van der Waals surface area contributed by atoms with E-state index in [-0.39, 0.29) is 4.90 Å². The highest BCUT2D eigenvalue weighted by Gasteiger charge is 2.16. The van der Waals surface area contributed by atoms with Crippen molar-refractivity contribution in [2.45, 2.75) is 9.79 Å². The topological polar surface area (TPSA) is 47.0 Å². The van der Waals surface area contributed by atoms with Crippen LogP contribution in [-0.4, -0.2) is 13.4 Å². The van der Waals surface area contributed by atoms with E-state index in [4.69, 9.17) is 0 Å². The maximum absolute atomic E-state index is 12.5. The average molecular weight is 295 g/mol. The molecule has 0 aliphatic heterocycles. The van der Waals surface area contributed by atoms with Gasteiger partial charge in [0, 0.05) is 11.8 Å². The number of benzene rings is 2. The van der Waals surface area contributed by atoms with Crippen molar-refractivity contribution in [3.8, 4) is 11.3 Å². The van der Waals surface area contributed by atoms with Gasteiger partial charge in [-0.25, -0.2) is 8.42 Å². The third kappa shape index (κ3) is 2.71. The first-order valence-corrected chi connectivity index (χ1v) is 7.98. The lowest BCUT2D eigenvalue weighted by Crippen LogP contribution is -2.01. The minimum absolute atomic E-state index is 0.286. The van der Waals surface area contributed by atoms with E-state index in [9.17, 15) is 8.42 Å². The lowest BCUT2D eigenvalue weighted by atomic mass is 10.1. The first-order chi connectivity index (χ1) is 10.2. The molecule has 0 amide bonds. The van der Waals surface area contributed by atoms with Crippen LogP contribution >= 0.6 is 0 Å². The smallest absolute Gasteiger partial charge is 0.206 e. The molecule has 3 aromatic rings. The van der Waals surface area contributed by atoms with Crippen LogP contribution < -0.4 is 0 Å². The molecule has 1 heterocycles. The number of nitrogens with zero attached hydrogens (tertiary/aromatic N) is 1. The molecule has 21 heavy (non-hydrogen) atoms. The second-order valence-corrected chi connectivity index (χ2v) is 6.51. The molecule has 104 valence electrons. The summed E-state index contributed by atoms with van der Waals surface area (Å²) in [7, 11) is -3.46. The molecule has 0 saturated heterocycles. The van der Waals surface area contributed by atoms with Gasteiger partial charge in [-0.1, -0.05) is 36.4 Å². The second-order valence-electron chi connectivity index (χ2n) is 4.56. The van der Waals surface area contributed by atoms with E-state index in [0.29, 0.717) is 4.90 Å². The van der Waals surface area contributed by atoms with Crippen molar-refractivity contribution in [3.05, 3.63) is 79.0 Å². The number of aromatic nitrogens is 1. The lowest BCUT2D eigenvalue weighted by molar-refractivity contribution is 0.596. The van der Waals surface area contributed by atoms with Gasteiger partial charge in [0.1, 0.15) is 0 Å². The minimum atomic E-state index is -3.46. The standard InChI is InChI=1S/C17H13NO2S/c19-21(20,15-6-2-1-3-7-15)16-11-9-14(10-12-16)17-8-4-5-13-18-17/h1-13H. The zero-order valence-electron chi connectivity index (χ0n) is 11.2. The summed E-state index contributed by atoms with van der Waals surface area (Å²) in [5, 5.41) is 0. The van der Waals surface area contributed by atoms with Gasteiger partial charge >= 0.3 is 0 Å². The zero-order valence-corrected chi connectivity index (χ0v) is 12.0. The van der Waals surface area contributed by atoms with E-state index in [1.165, 1.54) is 0 Å². The maximum atomic E-state index is 12.5. The molecular formula is C17H13NO2S. The maximum Gasteiger partial charge on any atom is 0.206 e. The summed E-state index contributed by atoms with van der Waals surface area (Å²) in [5.74, 6) is 0. The third-order valence-electron chi connectivity index (χ3n) is 3.18. The molecule has 0 aliphatic carbocycles. The Hall–Kier alpha value is -2.46. The third-order valence-corrected chi connectivity index (χ3v) is 4.96. The molecule has 0 fully saturated rings. The number of hydrogen-bond acceptors (Lipinski definition) is 3. The Morgan fingerprint density at radius 2 is 1.29 bits per heavy atom. The van der Waals surface area contributed by atoms with Gasteiger partial charge in [0.2, 0.25) is 9.84 Å². The first-order valence-electron chi connectivity index (χ1n) is 6.49. The van der Waals surface area contributed by atoms with Crippen LogP contribution in [0.3, 0.4) is 0 Å². The van der Waals surface area contributed by atoms with Crippen molar-refractivity contribution in [2.75, 3.05) is 0 Å². The Labute approximate surface area is 123 Å². The van der Waals surface area contributed by atoms with E-state index in [1.54, 1.807) is 60.8 Å². The summed E-state index contributed by atoms with van der Waals surface area (Å²) in [6.45, 7) is 0. The molecule has 0 atom stereocenters. The van der Waals surface area contributed by atoms with Crippen molar-refractivity contribution in [3.63, 3.8) is 0 Å². The summed E-state index contributed by atoms with van der Waals surface area (Å²) in [4.78, 5) is 4.84. The Morgan fingerprint density at radius 3 is 1.90 bits per heavy atom. The van der Waals surface area contributed by atoms with Gasteiger partial charge in [0.05, 0.1) is 15.5 Å². The Balaban J connectivity index is 1.99. The molecule has 2 aromatic carbocycles. The molecule has 1 aromatic heterocycles. The molecular weight excluding hydrogens is 282 g/mol. The van der Waals surface area contributed by atoms with E-state index >= 15 is 0 Å². The molecule has 0 spiro atoms. The van der Waals surface area contributed by atoms with Crippen molar-refractivity contribution in [1.29, 1.82) is 0 Å². The molecule has 0 aliphatic rings. The van der Waals surface area contributed by atoms with Crippen LogP contribution in [0.5, 0.6) is 0 Å². The van der Waals surface area contributed by atoms with Gasteiger partial charge in [-0.05, 0) is 36.4 Å². The predicted molar refractivity (Wildman–Crippen MR) is 81.6 cm³/mol. The fourth-order valence-electron chi connectivity index (χ4n) is 2.07. The van der Waals surface area contributed by atoms with Crippen molar-refractivity contribution < 1.29 is 8.42 Å². The Morgan fingerprint density at radius 1 is 0.667 bits per heavy atom. The van der Waals surface area contributed by atoms with Gasteiger partial charge in [0.25, 0.3) is 0 Å². The van der Waals surface area contributed by atoms with Crippen LogP contribution in [0, 0.1) is 0 Å². The van der Waals surface area contributed by atoms with Gasteiger partial charge in [0.15, 0.2) is 0 Å². The summed E-state index contributed by atoms with van der Waals surface area (Å²) in [6.07, 6.45) is 1.71. The fourth-order valence-corrected chi connectivity index (χ4v) is 3.36. The number of pyridine rings is 1. The molecule has 3 nitrogen and oxygen atoms in total. The second kappa shape index (κ2) is 5.50. The van der Waals surface area contributed by atoms with Crippen LogP contribution in [0.4, 0.5) is 0 Å². The highest BCUT2D eigenvalue weighted by molar-refractivity contribution is 7.91. The SMILES string of the molecule is O=S(=O)(c1ccccc1)c1ccc(-c2ccccn2)cc1. The van der Waals surface area contributed by atoms with Crippen molar-refractivity contribution >= 4 is 9.84 Å². The fraction of sp³-hybridized carbons (Fsp3) is 0. The number of hydrogen-bond donors (Lipinski definition) is 0.